The van der Waals surface area contributed by atoms with E-state index in [0.29, 0.717) is 19.4 Å². The van der Waals surface area contributed by atoms with Gasteiger partial charge in [-0.2, -0.15) is 9.61 Å². The fourth-order valence-corrected chi connectivity index (χ4v) is 2.97. The van der Waals surface area contributed by atoms with E-state index in [2.05, 4.69) is 39.4 Å². The van der Waals surface area contributed by atoms with Crippen molar-refractivity contribution in [1.82, 2.24) is 30.1 Å². The summed E-state index contributed by atoms with van der Waals surface area (Å²) in [6.45, 7) is 4.56. The Hall–Kier alpha value is -2.35. The van der Waals surface area contributed by atoms with Gasteiger partial charge in [0.15, 0.2) is 5.82 Å². The highest BCUT2D eigenvalue weighted by Crippen LogP contribution is 2.19. The van der Waals surface area contributed by atoms with Crippen LogP contribution in [0.25, 0.3) is 4.96 Å². The third-order valence-electron chi connectivity index (χ3n) is 3.33. The van der Waals surface area contributed by atoms with Crippen LogP contribution in [-0.4, -0.2) is 30.7 Å². The Bertz CT molecular complexity index is 795. The molecule has 0 saturated carbocycles. The van der Waals surface area contributed by atoms with Gasteiger partial charge in [-0.15, -0.1) is 10.2 Å². The van der Waals surface area contributed by atoms with E-state index < -0.39 is 0 Å². The van der Waals surface area contributed by atoms with Crippen molar-refractivity contribution in [2.75, 3.05) is 0 Å². The Morgan fingerprint density at radius 2 is 2.22 bits per heavy atom. The van der Waals surface area contributed by atoms with Gasteiger partial charge in [0.2, 0.25) is 10.9 Å². The highest BCUT2D eigenvalue weighted by Gasteiger charge is 2.14. The summed E-state index contributed by atoms with van der Waals surface area (Å²) >= 11 is 1.48. The first-order valence-electron chi connectivity index (χ1n) is 7.51. The lowest BCUT2D eigenvalue weighted by Gasteiger charge is -2.03. The molecule has 3 rings (SSSR count). The number of aryl methyl sites for hydroxylation is 1. The summed E-state index contributed by atoms with van der Waals surface area (Å²) in [6, 6.07) is 5.64. The molecule has 7 nitrogen and oxygen atoms in total. The summed E-state index contributed by atoms with van der Waals surface area (Å²) in [4.78, 5) is 16.9. The number of aromatic nitrogens is 5. The smallest absolute Gasteiger partial charge is 0.234 e. The number of hydrogen-bond acceptors (Lipinski definition) is 6. The third kappa shape index (κ3) is 3.70. The van der Waals surface area contributed by atoms with Gasteiger partial charge in [0, 0.05) is 25.0 Å². The molecule has 0 radical (unpaired) electrons. The number of fused-ring (bicyclic) bond motifs is 1. The van der Waals surface area contributed by atoms with Gasteiger partial charge in [0.05, 0.1) is 12.2 Å². The van der Waals surface area contributed by atoms with Crippen molar-refractivity contribution in [2.24, 2.45) is 0 Å². The molecule has 1 amide bonds. The molecule has 3 aromatic rings. The molecule has 0 aliphatic rings. The van der Waals surface area contributed by atoms with Crippen LogP contribution in [0.4, 0.5) is 0 Å². The fourth-order valence-electron chi connectivity index (χ4n) is 2.13. The van der Waals surface area contributed by atoms with Crippen LogP contribution in [0.2, 0.25) is 0 Å². The Morgan fingerprint density at radius 3 is 2.96 bits per heavy atom. The quantitative estimate of drug-likeness (QED) is 0.747. The van der Waals surface area contributed by atoms with Crippen LogP contribution in [0.3, 0.4) is 0 Å². The minimum absolute atomic E-state index is 0.00861. The van der Waals surface area contributed by atoms with Crippen LogP contribution in [0.15, 0.2) is 24.4 Å². The second-order valence-electron chi connectivity index (χ2n) is 5.50. The average molecular weight is 330 g/mol. The molecule has 1 N–H and O–H groups in total. The first-order valence-corrected chi connectivity index (χ1v) is 8.32. The van der Waals surface area contributed by atoms with Crippen molar-refractivity contribution in [3.8, 4) is 0 Å². The van der Waals surface area contributed by atoms with Crippen molar-refractivity contribution in [3.05, 3.63) is 40.9 Å². The number of carbonyl (C=O) groups is 1. The van der Waals surface area contributed by atoms with Crippen LogP contribution >= 0.6 is 11.3 Å². The zero-order valence-corrected chi connectivity index (χ0v) is 13.9. The van der Waals surface area contributed by atoms with Crippen LogP contribution in [-0.2, 0) is 17.8 Å². The number of rotatable bonds is 6. The lowest BCUT2D eigenvalue weighted by Crippen LogP contribution is -2.23. The van der Waals surface area contributed by atoms with Crippen molar-refractivity contribution in [3.63, 3.8) is 0 Å². The van der Waals surface area contributed by atoms with Gasteiger partial charge in [0.1, 0.15) is 5.01 Å². The fraction of sp³-hybridized carbons (Fsp3) is 0.400. The molecule has 0 bridgehead atoms. The summed E-state index contributed by atoms with van der Waals surface area (Å²) in [5.74, 6) is 1.11. The molecule has 0 saturated heterocycles. The first kappa shape index (κ1) is 15.5. The molecule has 0 unspecified atom stereocenters. The summed E-state index contributed by atoms with van der Waals surface area (Å²) < 4.78 is 1.77. The van der Waals surface area contributed by atoms with E-state index in [-0.39, 0.29) is 11.8 Å². The number of carbonyl (C=O) groups excluding carboxylic acids is 1. The average Bonchev–Trinajstić information content (AvgIpc) is 3.11. The minimum atomic E-state index is -0.00861. The van der Waals surface area contributed by atoms with Gasteiger partial charge in [-0.05, 0) is 12.1 Å². The monoisotopic (exact) mass is 330 g/mol. The van der Waals surface area contributed by atoms with E-state index in [0.717, 1.165) is 21.5 Å². The highest BCUT2D eigenvalue weighted by molar-refractivity contribution is 7.16. The first-order chi connectivity index (χ1) is 11.1. The van der Waals surface area contributed by atoms with Gasteiger partial charge in [0.25, 0.3) is 0 Å². The molecule has 8 heteroatoms. The Labute approximate surface area is 137 Å². The van der Waals surface area contributed by atoms with E-state index in [1.807, 2.05) is 18.2 Å². The van der Waals surface area contributed by atoms with E-state index >= 15 is 0 Å². The second kappa shape index (κ2) is 6.82. The molecule has 23 heavy (non-hydrogen) atoms. The van der Waals surface area contributed by atoms with E-state index in [1.54, 1.807) is 10.7 Å². The molecular formula is C15H18N6OS. The molecule has 3 aromatic heterocycles. The van der Waals surface area contributed by atoms with Gasteiger partial charge in [-0.1, -0.05) is 31.3 Å². The van der Waals surface area contributed by atoms with Crippen molar-refractivity contribution in [1.29, 1.82) is 0 Å². The van der Waals surface area contributed by atoms with Crippen molar-refractivity contribution >= 4 is 22.2 Å². The topological polar surface area (TPSA) is 85.1 Å². The third-order valence-corrected chi connectivity index (χ3v) is 4.29. The standard InChI is InChI=1S/C15H18N6OS/c1-10(2)14-18-19-15-21(14)20-13(23-15)7-6-12(22)17-9-11-5-3-4-8-16-11/h3-5,8,10H,6-7,9H2,1-2H3,(H,17,22). The summed E-state index contributed by atoms with van der Waals surface area (Å²) in [7, 11) is 0. The molecule has 0 aliphatic carbocycles. The summed E-state index contributed by atoms with van der Waals surface area (Å²) in [5, 5.41) is 16.5. The molecule has 0 aromatic carbocycles. The van der Waals surface area contributed by atoms with Gasteiger partial charge in [-0.3, -0.25) is 9.78 Å². The molecule has 0 atom stereocenters. The van der Waals surface area contributed by atoms with Crippen molar-refractivity contribution in [2.45, 2.75) is 39.2 Å². The Morgan fingerprint density at radius 1 is 1.35 bits per heavy atom. The maximum absolute atomic E-state index is 11.9. The second-order valence-corrected chi connectivity index (χ2v) is 6.54. The largest absolute Gasteiger partial charge is 0.350 e. The molecule has 3 heterocycles. The van der Waals surface area contributed by atoms with E-state index in [9.17, 15) is 4.79 Å². The molecule has 0 fully saturated rings. The van der Waals surface area contributed by atoms with Crippen LogP contribution < -0.4 is 5.32 Å². The van der Waals surface area contributed by atoms with Gasteiger partial charge < -0.3 is 5.32 Å². The molecular weight excluding hydrogens is 312 g/mol. The number of hydrogen-bond donors (Lipinski definition) is 1. The SMILES string of the molecule is CC(C)c1nnc2sc(CCC(=O)NCc3ccccn3)nn12. The van der Waals surface area contributed by atoms with Crippen LogP contribution in [0.1, 0.15) is 42.7 Å². The van der Waals surface area contributed by atoms with Crippen LogP contribution in [0.5, 0.6) is 0 Å². The molecule has 0 spiro atoms. The highest BCUT2D eigenvalue weighted by atomic mass is 32.1. The van der Waals surface area contributed by atoms with Gasteiger partial charge in [-0.25, -0.2) is 0 Å². The van der Waals surface area contributed by atoms with Gasteiger partial charge >= 0.3 is 0 Å². The summed E-state index contributed by atoms with van der Waals surface area (Å²) in [6.07, 6.45) is 2.71. The zero-order chi connectivity index (χ0) is 16.2. The Kier molecular flexibility index (Phi) is 4.61. The normalized spacial score (nSPS) is 11.3. The number of nitrogens with zero attached hydrogens (tertiary/aromatic N) is 5. The maximum Gasteiger partial charge on any atom is 0.234 e. The lowest BCUT2D eigenvalue weighted by atomic mass is 10.2. The number of nitrogens with one attached hydrogen (secondary N) is 1. The van der Waals surface area contributed by atoms with E-state index in [4.69, 9.17) is 0 Å². The summed E-state index contributed by atoms with van der Waals surface area (Å²) in [5.41, 5.74) is 0.848. The predicted octanol–water partition coefficient (Wildman–Crippen LogP) is 1.95. The van der Waals surface area contributed by atoms with E-state index in [1.165, 1.54) is 11.3 Å². The maximum atomic E-state index is 11.9. The predicted molar refractivity (Wildman–Crippen MR) is 87.2 cm³/mol. The van der Waals surface area contributed by atoms with Crippen LogP contribution in [0, 0.1) is 0 Å². The number of pyridine rings is 1. The van der Waals surface area contributed by atoms with Crippen molar-refractivity contribution < 1.29 is 4.79 Å². The molecule has 120 valence electrons. The minimum Gasteiger partial charge on any atom is -0.350 e. The Balaban J connectivity index is 1.54. The zero-order valence-electron chi connectivity index (χ0n) is 13.1. The number of amides is 1. The lowest BCUT2D eigenvalue weighted by molar-refractivity contribution is -0.121. The molecule has 0 aliphatic heterocycles.